The summed E-state index contributed by atoms with van der Waals surface area (Å²) >= 11 is 3.35. The smallest absolute Gasteiger partial charge is 0.308 e. The first-order chi connectivity index (χ1) is 8.16. The first kappa shape index (κ1) is 11.8. The summed E-state index contributed by atoms with van der Waals surface area (Å²) in [5.74, 6) is 0.158. The molecule has 0 spiro atoms. The summed E-state index contributed by atoms with van der Waals surface area (Å²) in [6.07, 6.45) is 1.70. The van der Waals surface area contributed by atoms with Crippen molar-refractivity contribution in [1.29, 1.82) is 0 Å². The molecular formula is C13H10BrNO2. The molecule has 0 fully saturated rings. The number of ether oxygens (including phenoxy) is 1. The van der Waals surface area contributed by atoms with Crippen molar-refractivity contribution in [2.24, 2.45) is 0 Å². The Balaban J connectivity index is 2.50. The second-order valence-corrected chi connectivity index (χ2v) is 4.36. The third-order valence-corrected chi connectivity index (χ3v) is 2.63. The van der Waals surface area contributed by atoms with E-state index in [9.17, 15) is 4.79 Å². The molecule has 1 heterocycles. The molecule has 0 saturated carbocycles. The molecule has 2 aromatic rings. The molecule has 0 aliphatic carbocycles. The molecule has 0 aliphatic heterocycles. The van der Waals surface area contributed by atoms with Gasteiger partial charge in [-0.05, 0) is 30.3 Å². The standard InChI is InChI=1S/C13H10BrNO2/c1-9(16)17-13-8-10(14)5-6-11(13)12-4-2-3-7-15-12/h2-8H,1H3. The van der Waals surface area contributed by atoms with Crippen molar-refractivity contribution >= 4 is 21.9 Å². The molecule has 0 aliphatic rings. The van der Waals surface area contributed by atoms with Crippen molar-refractivity contribution in [3.05, 3.63) is 47.1 Å². The Kier molecular flexibility index (Phi) is 3.54. The third kappa shape index (κ3) is 2.91. The highest BCUT2D eigenvalue weighted by atomic mass is 79.9. The molecule has 3 nitrogen and oxygen atoms in total. The van der Waals surface area contributed by atoms with Crippen molar-refractivity contribution in [2.75, 3.05) is 0 Å². The number of aromatic nitrogens is 1. The summed E-state index contributed by atoms with van der Waals surface area (Å²) in [5, 5.41) is 0. The van der Waals surface area contributed by atoms with Crippen LogP contribution in [0.2, 0.25) is 0 Å². The molecule has 1 aromatic heterocycles. The lowest BCUT2D eigenvalue weighted by atomic mass is 10.1. The number of nitrogens with zero attached hydrogens (tertiary/aromatic N) is 1. The molecule has 0 amide bonds. The highest BCUT2D eigenvalue weighted by Gasteiger charge is 2.09. The molecule has 2 rings (SSSR count). The monoisotopic (exact) mass is 291 g/mol. The van der Waals surface area contributed by atoms with E-state index in [1.54, 1.807) is 12.3 Å². The second-order valence-electron chi connectivity index (χ2n) is 3.45. The van der Waals surface area contributed by atoms with Crippen LogP contribution in [-0.4, -0.2) is 11.0 Å². The fraction of sp³-hybridized carbons (Fsp3) is 0.0769. The lowest BCUT2D eigenvalue weighted by Gasteiger charge is -2.08. The molecule has 0 saturated heterocycles. The fourth-order valence-corrected chi connectivity index (χ4v) is 1.81. The van der Waals surface area contributed by atoms with Gasteiger partial charge in [0.25, 0.3) is 0 Å². The van der Waals surface area contributed by atoms with E-state index in [-0.39, 0.29) is 5.97 Å². The van der Waals surface area contributed by atoms with Crippen LogP contribution in [0.5, 0.6) is 5.75 Å². The van der Waals surface area contributed by atoms with E-state index in [4.69, 9.17) is 4.74 Å². The molecule has 1 aromatic carbocycles. The van der Waals surface area contributed by atoms with Gasteiger partial charge < -0.3 is 4.74 Å². The van der Waals surface area contributed by atoms with Crippen LogP contribution in [0.25, 0.3) is 11.3 Å². The molecular weight excluding hydrogens is 282 g/mol. The number of carbonyl (C=O) groups is 1. The fourth-order valence-electron chi connectivity index (χ4n) is 1.47. The Bertz CT molecular complexity index is 540. The summed E-state index contributed by atoms with van der Waals surface area (Å²) in [6.45, 7) is 1.38. The van der Waals surface area contributed by atoms with Crippen molar-refractivity contribution in [2.45, 2.75) is 6.92 Å². The molecule has 86 valence electrons. The number of carbonyl (C=O) groups excluding carboxylic acids is 1. The molecule has 0 unspecified atom stereocenters. The van der Waals surface area contributed by atoms with E-state index in [2.05, 4.69) is 20.9 Å². The zero-order chi connectivity index (χ0) is 12.3. The number of hydrogen-bond acceptors (Lipinski definition) is 3. The van der Waals surface area contributed by atoms with Crippen LogP contribution in [0, 0.1) is 0 Å². The molecule has 0 atom stereocenters. The zero-order valence-electron chi connectivity index (χ0n) is 9.18. The number of esters is 1. The maximum atomic E-state index is 11.1. The van der Waals surface area contributed by atoms with Crippen molar-refractivity contribution in [1.82, 2.24) is 4.98 Å². The minimum absolute atomic E-state index is 0.347. The number of rotatable bonds is 2. The lowest BCUT2D eigenvalue weighted by Crippen LogP contribution is -2.03. The predicted molar refractivity (Wildman–Crippen MR) is 68.7 cm³/mol. The average Bonchev–Trinajstić information content (AvgIpc) is 2.29. The van der Waals surface area contributed by atoms with E-state index in [1.807, 2.05) is 30.3 Å². The second kappa shape index (κ2) is 5.10. The Labute approximate surface area is 108 Å². The van der Waals surface area contributed by atoms with Crippen molar-refractivity contribution in [3.8, 4) is 17.0 Å². The predicted octanol–water partition coefficient (Wildman–Crippen LogP) is 3.44. The van der Waals surface area contributed by atoms with Gasteiger partial charge in [-0.15, -0.1) is 0 Å². The van der Waals surface area contributed by atoms with Crippen LogP contribution in [-0.2, 0) is 4.79 Å². The molecule has 0 radical (unpaired) electrons. The Morgan fingerprint density at radius 1 is 1.29 bits per heavy atom. The van der Waals surface area contributed by atoms with Gasteiger partial charge in [-0.2, -0.15) is 0 Å². The molecule has 0 N–H and O–H groups in total. The summed E-state index contributed by atoms with van der Waals surface area (Å²) < 4.78 is 6.03. The van der Waals surface area contributed by atoms with Crippen LogP contribution < -0.4 is 4.74 Å². The maximum absolute atomic E-state index is 11.1. The van der Waals surface area contributed by atoms with Gasteiger partial charge in [-0.1, -0.05) is 22.0 Å². The van der Waals surface area contributed by atoms with E-state index in [0.717, 1.165) is 15.7 Å². The van der Waals surface area contributed by atoms with Gasteiger partial charge in [0.1, 0.15) is 5.75 Å². The van der Waals surface area contributed by atoms with E-state index in [1.165, 1.54) is 6.92 Å². The van der Waals surface area contributed by atoms with Crippen LogP contribution in [0.4, 0.5) is 0 Å². The van der Waals surface area contributed by atoms with E-state index < -0.39 is 0 Å². The van der Waals surface area contributed by atoms with Crippen LogP contribution in [0.3, 0.4) is 0 Å². The summed E-state index contributed by atoms with van der Waals surface area (Å²) in [5.41, 5.74) is 1.57. The maximum Gasteiger partial charge on any atom is 0.308 e. The molecule has 0 bridgehead atoms. The average molecular weight is 292 g/mol. The first-order valence-corrected chi connectivity index (χ1v) is 5.85. The zero-order valence-corrected chi connectivity index (χ0v) is 10.8. The van der Waals surface area contributed by atoms with Gasteiger partial charge in [0.15, 0.2) is 0 Å². The van der Waals surface area contributed by atoms with Crippen molar-refractivity contribution < 1.29 is 9.53 Å². The highest BCUT2D eigenvalue weighted by molar-refractivity contribution is 9.10. The number of pyridine rings is 1. The van der Waals surface area contributed by atoms with Gasteiger partial charge in [0.2, 0.25) is 0 Å². The number of halogens is 1. The highest BCUT2D eigenvalue weighted by Crippen LogP contribution is 2.31. The Morgan fingerprint density at radius 3 is 2.76 bits per heavy atom. The van der Waals surface area contributed by atoms with Crippen LogP contribution in [0.1, 0.15) is 6.92 Å². The summed E-state index contributed by atoms with van der Waals surface area (Å²) in [4.78, 5) is 15.3. The van der Waals surface area contributed by atoms with E-state index in [0.29, 0.717) is 5.75 Å². The van der Waals surface area contributed by atoms with Gasteiger partial charge in [-0.25, -0.2) is 0 Å². The number of benzene rings is 1. The third-order valence-electron chi connectivity index (χ3n) is 2.14. The Morgan fingerprint density at radius 2 is 2.12 bits per heavy atom. The van der Waals surface area contributed by atoms with Gasteiger partial charge >= 0.3 is 5.97 Å². The minimum Gasteiger partial charge on any atom is -0.426 e. The van der Waals surface area contributed by atoms with Crippen molar-refractivity contribution in [3.63, 3.8) is 0 Å². The summed E-state index contributed by atoms with van der Waals surface area (Å²) in [6, 6.07) is 11.1. The SMILES string of the molecule is CC(=O)Oc1cc(Br)ccc1-c1ccccn1. The van der Waals surface area contributed by atoms with Crippen LogP contribution in [0.15, 0.2) is 47.1 Å². The Hall–Kier alpha value is -1.68. The van der Waals surface area contributed by atoms with Crippen LogP contribution >= 0.6 is 15.9 Å². The summed E-state index contributed by atoms with van der Waals surface area (Å²) in [7, 11) is 0. The van der Waals surface area contributed by atoms with Gasteiger partial charge in [0.05, 0.1) is 5.69 Å². The van der Waals surface area contributed by atoms with Gasteiger partial charge in [0, 0.05) is 23.2 Å². The quantitative estimate of drug-likeness (QED) is 0.628. The first-order valence-electron chi connectivity index (χ1n) is 5.06. The van der Waals surface area contributed by atoms with Gasteiger partial charge in [-0.3, -0.25) is 9.78 Å². The minimum atomic E-state index is -0.347. The molecule has 17 heavy (non-hydrogen) atoms. The molecule has 4 heteroatoms. The largest absolute Gasteiger partial charge is 0.426 e. The van der Waals surface area contributed by atoms with E-state index >= 15 is 0 Å². The number of hydrogen-bond donors (Lipinski definition) is 0. The lowest BCUT2D eigenvalue weighted by molar-refractivity contribution is -0.131. The topological polar surface area (TPSA) is 39.2 Å². The normalized spacial score (nSPS) is 10.0.